The number of hydrogen-bond acceptors (Lipinski definition) is 5. The van der Waals surface area contributed by atoms with E-state index in [9.17, 15) is 23.1 Å². The molecule has 0 aromatic carbocycles. The van der Waals surface area contributed by atoms with Gasteiger partial charge in [0.05, 0.1) is 0 Å². The molecule has 2 heterocycles. The molecule has 0 spiro atoms. The minimum absolute atomic E-state index is 0.0592. The lowest BCUT2D eigenvalue weighted by molar-refractivity contribution is -0.129. The number of hydrogen-bond donors (Lipinski definition) is 1. The summed E-state index contributed by atoms with van der Waals surface area (Å²) in [7, 11) is -3.98. The van der Waals surface area contributed by atoms with E-state index in [2.05, 4.69) is 0 Å². The quantitative estimate of drug-likeness (QED) is 0.862. The zero-order valence-electron chi connectivity index (χ0n) is 12.6. The van der Waals surface area contributed by atoms with Crippen LogP contribution in [-0.2, 0) is 14.8 Å². The maximum atomic E-state index is 12.7. The Hall–Kier alpha value is -1.87. The fraction of sp³-hybridized carbons (Fsp3) is 0.538. The Kier molecular flexibility index (Phi) is 4.30. The number of aryl methyl sites for hydroxylation is 2. The summed E-state index contributed by atoms with van der Waals surface area (Å²) >= 11 is 0. The predicted octanol–water partition coefficient (Wildman–Crippen LogP) is 0.447. The van der Waals surface area contributed by atoms with Crippen LogP contribution in [0.3, 0.4) is 0 Å². The molecule has 1 amide bonds. The van der Waals surface area contributed by atoms with E-state index < -0.39 is 16.0 Å². The van der Waals surface area contributed by atoms with E-state index in [1.165, 1.54) is 25.1 Å². The lowest BCUT2D eigenvalue weighted by Gasteiger charge is -2.33. The second-order valence-corrected chi connectivity index (χ2v) is 7.01. The van der Waals surface area contributed by atoms with E-state index in [1.54, 1.807) is 4.90 Å². The smallest absolute Gasteiger partial charge is 0.340 e. The van der Waals surface area contributed by atoms with E-state index in [-0.39, 0.29) is 54.1 Å². The molecule has 1 N–H and O–H groups in total. The Bertz CT molecular complexity index is 713. The molecule has 22 heavy (non-hydrogen) atoms. The second-order valence-electron chi connectivity index (χ2n) is 5.13. The Morgan fingerprint density at radius 2 is 1.64 bits per heavy atom. The predicted molar refractivity (Wildman–Crippen MR) is 76.2 cm³/mol. The number of nitrogens with zero attached hydrogens (tertiary/aromatic N) is 2. The van der Waals surface area contributed by atoms with Crippen molar-refractivity contribution >= 4 is 21.9 Å². The summed E-state index contributed by atoms with van der Waals surface area (Å²) in [5.41, 5.74) is -0.327. The van der Waals surface area contributed by atoms with Crippen LogP contribution in [0.5, 0.6) is 0 Å². The lowest BCUT2D eigenvalue weighted by Crippen LogP contribution is -2.50. The molecule has 122 valence electrons. The molecule has 1 aromatic rings. The van der Waals surface area contributed by atoms with Gasteiger partial charge in [-0.05, 0) is 13.8 Å². The van der Waals surface area contributed by atoms with Crippen LogP contribution in [0.15, 0.2) is 9.31 Å². The molecule has 1 saturated heterocycles. The number of carbonyl (C=O) groups excluding carboxylic acids is 1. The molecular formula is C13H18N2O6S. The largest absolute Gasteiger partial charge is 0.478 e. The van der Waals surface area contributed by atoms with E-state index in [1.807, 2.05) is 0 Å². The maximum absolute atomic E-state index is 12.7. The van der Waals surface area contributed by atoms with Crippen LogP contribution in [0.2, 0.25) is 0 Å². The summed E-state index contributed by atoms with van der Waals surface area (Å²) in [5, 5.41) is 9.24. The van der Waals surface area contributed by atoms with Crippen LogP contribution < -0.4 is 0 Å². The van der Waals surface area contributed by atoms with Gasteiger partial charge in [0.1, 0.15) is 22.0 Å². The normalized spacial score (nSPS) is 16.8. The zero-order valence-corrected chi connectivity index (χ0v) is 13.4. The third-order valence-electron chi connectivity index (χ3n) is 3.70. The number of carboxylic acids is 1. The highest BCUT2D eigenvalue weighted by atomic mass is 32.2. The highest BCUT2D eigenvalue weighted by molar-refractivity contribution is 7.89. The highest BCUT2D eigenvalue weighted by Gasteiger charge is 2.36. The van der Waals surface area contributed by atoms with Crippen molar-refractivity contribution in [3.8, 4) is 0 Å². The third-order valence-corrected chi connectivity index (χ3v) is 5.75. The Labute approximate surface area is 128 Å². The highest BCUT2D eigenvalue weighted by Crippen LogP contribution is 2.29. The summed E-state index contributed by atoms with van der Waals surface area (Å²) in [6.45, 7) is 5.10. The van der Waals surface area contributed by atoms with Gasteiger partial charge in [0.25, 0.3) is 0 Å². The maximum Gasteiger partial charge on any atom is 0.340 e. The minimum Gasteiger partial charge on any atom is -0.478 e. The Morgan fingerprint density at radius 1 is 1.09 bits per heavy atom. The molecule has 0 bridgehead atoms. The van der Waals surface area contributed by atoms with Gasteiger partial charge in [-0.2, -0.15) is 4.31 Å². The molecular weight excluding hydrogens is 312 g/mol. The van der Waals surface area contributed by atoms with Gasteiger partial charge >= 0.3 is 5.97 Å². The number of aromatic carboxylic acids is 1. The molecule has 8 nitrogen and oxygen atoms in total. The first-order valence-electron chi connectivity index (χ1n) is 6.75. The first kappa shape index (κ1) is 16.5. The molecule has 1 aliphatic rings. The molecule has 1 aromatic heterocycles. The van der Waals surface area contributed by atoms with Gasteiger partial charge in [-0.1, -0.05) is 0 Å². The summed E-state index contributed by atoms with van der Waals surface area (Å²) in [6.07, 6.45) is 0. The number of rotatable bonds is 3. The van der Waals surface area contributed by atoms with E-state index >= 15 is 0 Å². The van der Waals surface area contributed by atoms with Crippen molar-refractivity contribution in [3.63, 3.8) is 0 Å². The molecule has 0 saturated carbocycles. The van der Waals surface area contributed by atoms with Crippen LogP contribution in [0.4, 0.5) is 0 Å². The monoisotopic (exact) mass is 330 g/mol. The fourth-order valence-electron chi connectivity index (χ4n) is 2.59. The minimum atomic E-state index is -3.98. The average Bonchev–Trinajstić information content (AvgIpc) is 2.74. The van der Waals surface area contributed by atoms with E-state index in [0.717, 1.165) is 0 Å². The summed E-state index contributed by atoms with van der Waals surface area (Å²) < 4.78 is 31.8. The molecule has 9 heteroatoms. The molecule has 0 radical (unpaired) electrons. The average molecular weight is 330 g/mol. The van der Waals surface area contributed by atoms with Gasteiger partial charge in [-0.25, -0.2) is 13.2 Å². The molecule has 0 atom stereocenters. The van der Waals surface area contributed by atoms with Gasteiger partial charge in [0.2, 0.25) is 15.9 Å². The van der Waals surface area contributed by atoms with Crippen molar-refractivity contribution in [1.82, 2.24) is 9.21 Å². The summed E-state index contributed by atoms with van der Waals surface area (Å²) in [5.74, 6) is -1.33. The third kappa shape index (κ3) is 2.73. The first-order valence-corrected chi connectivity index (χ1v) is 8.19. The van der Waals surface area contributed by atoms with Gasteiger partial charge in [-0.3, -0.25) is 4.79 Å². The fourth-order valence-corrected chi connectivity index (χ4v) is 4.39. The van der Waals surface area contributed by atoms with Crippen LogP contribution in [-0.4, -0.2) is 60.8 Å². The summed E-state index contributed by atoms with van der Waals surface area (Å²) in [4.78, 5) is 23.9. The summed E-state index contributed by atoms with van der Waals surface area (Å²) in [6, 6.07) is 0. The van der Waals surface area contributed by atoms with Crippen LogP contribution >= 0.6 is 0 Å². The lowest BCUT2D eigenvalue weighted by atomic mass is 10.2. The SMILES string of the molecule is CC(=O)N1CCN(S(=O)(=O)c2c(C)oc(C)c2C(=O)O)CC1. The Balaban J connectivity index is 2.37. The number of piperazine rings is 1. The molecule has 0 aliphatic carbocycles. The van der Waals surface area contributed by atoms with Gasteiger partial charge < -0.3 is 14.4 Å². The van der Waals surface area contributed by atoms with E-state index in [4.69, 9.17) is 4.42 Å². The van der Waals surface area contributed by atoms with Crippen LogP contribution in [0.25, 0.3) is 0 Å². The number of carboxylic acid groups (broad SMARTS) is 1. The van der Waals surface area contributed by atoms with Crippen molar-refractivity contribution in [2.45, 2.75) is 25.7 Å². The van der Waals surface area contributed by atoms with Crippen molar-refractivity contribution in [3.05, 3.63) is 17.1 Å². The van der Waals surface area contributed by atoms with Crippen LogP contribution in [0, 0.1) is 13.8 Å². The van der Waals surface area contributed by atoms with Crippen molar-refractivity contribution in [2.75, 3.05) is 26.2 Å². The number of furan rings is 1. The molecule has 1 aliphatic heterocycles. The first-order chi connectivity index (χ1) is 10.2. The molecule has 1 fully saturated rings. The number of sulfonamides is 1. The molecule has 2 rings (SSSR count). The van der Waals surface area contributed by atoms with Gasteiger partial charge in [0.15, 0.2) is 0 Å². The van der Waals surface area contributed by atoms with Crippen molar-refractivity contribution < 1.29 is 27.5 Å². The zero-order chi connectivity index (χ0) is 16.7. The number of carbonyl (C=O) groups is 2. The second kappa shape index (κ2) is 5.73. The topological polar surface area (TPSA) is 108 Å². The van der Waals surface area contributed by atoms with Crippen LogP contribution in [0.1, 0.15) is 28.8 Å². The van der Waals surface area contributed by atoms with E-state index in [0.29, 0.717) is 0 Å². The molecule has 0 unspecified atom stereocenters. The Morgan fingerprint density at radius 3 is 2.09 bits per heavy atom. The van der Waals surface area contributed by atoms with Crippen molar-refractivity contribution in [1.29, 1.82) is 0 Å². The van der Waals surface area contributed by atoms with Crippen molar-refractivity contribution in [2.24, 2.45) is 0 Å². The standard InChI is InChI=1S/C13H18N2O6S/c1-8-11(13(17)18)12(9(2)21-8)22(19,20)15-6-4-14(5-7-15)10(3)16/h4-7H2,1-3H3,(H,17,18). The number of amides is 1. The van der Waals surface area contributed by atoms with Gasteiger partial charge in [-0.15, -0.1) is 0 Å². The van der Waals surface area contributed by atoms with Gasteiger partial charge in [0, 0.05) is 33.1 Å².